The molecule has 1 amide bonds. The van der Waals surface area contributed by atoms with Crippen LogP contribution in [0.4, 0.5) is 0 Å². The molecule has 2 rings (SSSR count). The van der Waals surface area contributed by atoms with Gasteiger partial charge >= 0.3 is 10.4 Å². The summed E-state index contributed by atoms with van der Waals surface area (Å²) in [6, 6.07) is -0.965. The van der Waals surface area contributed by atoms with E-state index in [9.17, 15) is 49.0 Å². The molecule has 2 aliphatic rings. The van der Waals surface area contributed by atoms with Crippen LogP contribution in [0.3, 0.4) is 0 Å². The van der Waals surface area contributed by atoms with Gasteiger partial charge in [0.15, 0.2) is 12.6 Å². The first-order valence-corrected chi connectivity index (χ1v) is 18.5. The minimum absolute atomic E-state index is 0.368. The lowest BCUT2D eigenvalue weighted by atomic mass is 9.97. The quantitative estimate of drug-likeness (QED) is 0.0240. The van der Waals surface area contributed by atoms with Crippen molar-refractivity contribution in [2.45, 2.75) is 158 Å². The van der Waals surface area contributed by atoms with Crippen LogP contribution < -0.4 is 5.32 Å². The topological polar surface area (TPSA) is 271 Å². The minimum Gasteiger partial charge on any atom is -0.394 e. The van der Waals surface area contributed by atoms with E-state index in [1.165, 1.54) is 57.4 Å². The third-order valence-electron chi connectivity index (χ3n) is 8.61. The molecule has 288 valence electrons. The Morgan fingerprint density at radius 2 is 1.35 bits per heavy atom. The maximum atomic E-state index is 11.2. The number of nitrogens with one attached hydrogen (secondary N) is 1. The number of ether oxygens (including phenoxy) is 4. The number of hydrogen-bond acceptors (Lipinski definition) is 15. The van der Waals surface area contributed by atoms with Crippen LogP contribution in [0.5, 0.6) is 0 Å². The molecule has 18 heteroatoms. The summed E-state index contributed by atoms with van der Waals surface area (Å²) in [5, 5.41) is 74.9. The van der Waals surface area contributed by atoms with E-state index in [2.05, 4.69) is 16.4 Å². The minimum atomic E-state index is -5.19. The monoisotopic (exact) mass is 731 g/mol. The Bertz CT molecular complexity index is 1040. The van der Waals surface area contributed by atoms with Crippen molar-refractivity contribution in [3.8, 4) is 0 Å². The molecular weight excluding hydrogens is 674 g/mol. The molecule has 0 aromatic rings. The van der Waals surface area contributed by atoms with Gasteiger partial charge in [0.25, 0.3) is 0 Å². The van der Waals surface area contributed by atoms with Gasteiger partial charge < -0.3 is 60.0 Å². The molecule has 0 radical (unpaired) electrons. The number of hydrogen-bond donors (Lipinski definition) is 9. The fourth-order valence-corrected chi connectivity index (χ4v) is 6.27. The Labute approximate surface area is 288 Å². The number of amides is 1. The average molecular weight is 732 g/mol. The first-order valence-electron chi connectivity index (χ1n) is 17.1. The Balaban J connectivity index is 1.87. The SMILES string of the molecule is CCCCCCCCCCCCC/C=C/[C@@H](O)[C@H](CO[C@@H]1O[C@H](CO)[C@@H](O[C@@H]2O[C@H](CO)[C@H](O)[C@H](OS(=O)(=O)O)[C@H]2O)[C@H](O)[C@H]1O)NC=O. The van der Waals surface area contributed by atoms with Gasteiger partial charge in [0.1, 0.15) is 48.8 Å². The number of aliphatic hydroxyl groups excluding tert-OH is 7. The highest BCUT2D eigenvalue weighted by Gasteiger charge is 2.52. The van der Waals surface area contributed by atoms with Crippen LogP contribution in [-0.2, 0) is 38.3 Å². The van der Waals surface area contributed by atoms with Gasteiger partial charge in [-0.05, 0) is 12.8 Å². The van der Waals surface area contributed by atoms with E-state index in [0.717, 1.165) is 25.7 Å². The summed E-state index contributed by atoms with van der Waals surface area (Å²) in [5.41, 5.74) is 0. The molecule has 0 bridgehead atoms. The zero-order valence-electron chi connectivity index (χ0n) is 28.0. The summed E-state index contributed by atoms with van der Waals surface area (Å²) in [4.78, 5) is 11.2. The summed E-state index contributed by atoms with van der Waals surface area (Å²) >= 11 is 0. The van der Waals surface area contributed by atoms with E-state index >= 15 is 0 Å². The van der Waals surface area contributed by atoms with Gasteiger partial charge in [-0.25, -0.2) is 4.18 Å². The molecule has 49 heavy (non-hydrogen) atoms. The smallest absolute Gasteiger partial charge is 0.394 e. The largest absolute Gasteiger partial charge is 0.397 e. The Kier molecular flexibility index (Phi) is 20.8. The van der Waals surface area contributed by atoms with Crippen LogP contribution in [0.2, 0.25) is 0 Å². The molecule has 12 atom stereocenters. The first kappa shape index (κ1) is 43.8. The van der Waals surface area contributed by atoms with E-state index < -0.39 is 97.2 Å². The number of carbonyl (C=O) groups is 1. The molecule has 2 aliphatic heterocycles. The standard InChI is InChI=1S/C31H57NO16S/c1-2-3-4-5-6-7-8-9-10-11-12-13-14-15-21(36)20(32-19-35)18-44-30-26(39)25(38)28(23(17-34)46-30)47-31-27(40)29(48-49(41,42)43)24(37)22(16-33)45-31/h14-15,19-31,33-34,36-40H,2-13,16-18H2,1H3,(H,32,35)(H,41,42,43)/b15-14+/t20-,21+,22+,23+,24-,25+,26+,27+,28+,29-,30+,31-/m0/s1. The molecular formula is C31H57NO16S. The summed E-state index contributed by atoms with van der Waals surface area (Å²) in [6.07, 6.45) is -1.34. The second-order valence-electron chi connectivity index (χ2n) is 12.5. The highest BCUT2D eigenvalue weighted by molar-refractivity contribution is 7.80. The number of allylic oxidation sites excluding steroid dienone is 1. The molecule has 2 saturated heterocycles. The molecule has 0 saturated carbocycles. The number of unbranched alkanes of at least 4 members (excludes halogenated alkanes) is 11. The van der Waals surface area contributed by atoms with Gasteiger partial charge in [0.2, 0.25) is 6.41 Å². The zero-order valence-corrected chi connectivity index (χ0v) is 28.8. The third kappa shape index (κ3) is 15.0. The summed E-state index contributed by atoms with van der Waals surface area (Å²) in [7, 11) is -5.19. The van der Waals surface area contributed by atoms with Crippen molar-refractivity contribution >= 4 is 16.8 Å². The molecule has 9 N–H and O–H groups in total. The Morgan fingerprint density at radius 1 is 0.776 bits per heavy atom. The van der Waals surface area contributed by atoms with Crippen molar-refractivity contribution in [2.75, 3.05) is 19.8 Å². The first-order chi connectivity index (χ1) is 23.4. The van der Waals surface area contributed by atoms with Gasteiger partial charge in [-0.3, -0.25) is 9.35 Å². The lowest BCUT2D eigenvalue weighted by molar-refractivity contribution is -0.358. The van der Waals surface area contributed by atoms with E-state index in [1.807, 2.05) is 6.08 Å². The fourth-order valence-electron chi connectivity index (χ4n) is 5.76. The van der Waals surface area contributed by atoms with Crippen LogP contribution in [0, 0.1) is 0 Å². The van der Waals surface area contributed by atoms with Crippen molar-refractivity contribution in [1.29, 1.82) is 0 Å². The number of aliphatic hydroxyl groups is 7. The molecule has 0 unspecified atom stereocenters. The fraction of sp³-hybridized carbons (Fsp3) is 0.903. The Hall–Kier alpha value is -1.36. The highest BCUT2D eigenvalue weighted by atomic mass is 32.3. The van der Waals surface area contributed by atoms with E-state index in [1.54, 1.807) is 0 Å². The van der Waals surface area contributed by atoms with Crippen molar-refractivity contribution in [3.05, 3.63) is 12.2 Å². The summed E-state index contributed by atoms with van der Waals surface area (Å²) < 4.78 is 57.7. The van der Waals surface area contributed by atoms with E-state index in [-0.39, 0.29) is 6.61 Å². The predicted molar refractivity (Wildman–Crippen MR) is 172 cm³/mol. The van der Waals surface area contributed by atoms with Crippen molar-refractivity contribution < 1.29 is 76.6 Å². The molecule has 17 nitrogen and oxygen atoms in total. The molecule has 0 aliphatic carbocycles. The predicted octanol–water partition coefficient (Wildman–Crippen LogP) is -0.813. The lowest BCUT2D eigenvalue weighted by Crippen LogP contribution is -2.65. The van der Waals surface area contributed by atoms with Crippen LogP contribution in [0.1, 0.15) is 84.0 Å². The average Bonchev–Trinajstić information content (AvgIpc) is 3.06. The van der Waals surface area contributed by atoms with Crippen molar-refractivity contribution in [1.82, 2.24) is 5.32 Å². The highest BCUT2D eigenvalue weighted by Crippen LogP contribution is 2.31. The van der Waals surface area contributed by atoms with E-state index in [4.69, 9.17) is 23.5 Å². The lowest BCUT2D eigenvalue weighted by Gasteiger charge is -2.46. The van der Waals surface area contributed by atoms with Crippen LogP contribution >= 0.6 is 0 Å². The number of carbonyl (C=O) groups excluding carboxylic acids is 1. The van der Waals surface area contributed by atoms with Gasteiger partial charge in [0.05, 0.1) is 32.0 Å². The summed E-state index contributed by atoms with van der Waals surface area (Å²) in [5.74, 6) is 0. The molecule has 0 aromatic carbocycles. The third-order valence-corrected chi connectivity index (χ3v) is 9.07. The van der Waals surface area contributed by atoms with Crippen LogP contribution in [-0.4, -0.2) is 149 Å². The van der Waals surface area contributed by atoms with Gasteiger partial charge in [-0.15, -0.1) is 0 Å². The Morgan fingerprint density at radius 3 is 1.90 bits per heavy atom. The van der Waals surface area contributed by atoms with Crippen LogP contribution in [0.25, 0.3) is 0 Å². The second kappa shape index (κ2) is 23.3. The maximum Gasteiger partial charge on any atom is 0.397 e. The second-order valence-corrected chi connectivity index (χ2v) is 13.5. The molecule has 2 fully saturated rings. The van der Waals surface area contributed by atoms with Crippen molar-refractivity contribution in [3.63, 3.8) is 0 Å². The summed E-state index contributed by atoms with van der Waals surface area (Å²) in [6.45, 7) is 0.106. The zero-order chi connectivity index (χ0) is 36.4. The van der Waals surface area contributed by atoms with Gasteiger partial charge in [-0.1, -0.05) is 83.3 Å². The van der Waals surface area contributed by atoms with E-state index in [0.29, 0.717) is 6.41 Å². The van der Waals surface area contributed by atoms with Gasteiger partial charge in [0, 0.05) is 0 Å². The van der Waals surface area contributed by atoms with Gasteiger partial charge in [-0.2, -0.15) is 8.42 Å². The molecule has 0 aromatic heterocycles. The van der Waals surface area contributed by atoms with Crippen molar-refractivity contribution in [2.24, 2.45) is 0 Å². The van der Waals surface area contributed by atoms with Crippen LogP contribution in [0.15, 0.2) is 12.2 Å². The molecule has 0 spiro atoms. The molecule has 2 heterocycles. The number of rotatable bonds is 25. The normalized spacial score (nSPS) is 32.3. The maximum absolute atomic E-state index is 11.2.